The number of rotatable bonds is 7. The summed E-state index contributed by atoms with van der Waals surface area (Å²) in [5, 5.41) is 19.7. The number of Topliss-reactive ketones (excluding diaryl/α,β-unsaturated/α-hetero) is 1. The highest BCUT2D eigenvalue weighted by Gasteiger charge is 2.45. The van der Waals surface area contributed by atoms with Crippen LogP contribution in [-0.2, 0) is 14.3 Å². The molecule has 2 aromatic rings. The van der Waals surface area contributed by atoms with Crippen LogP contribution in [0.3, 0.4) is 0 Å². The largest absolute Gasteiger partial charge is 0.507 e. The van der Waals surface area contributed by atoms with Gasteiger partial charge in [-0.1, -0.05) is 60.2 Å². The summed E-state index contributed by atoms with van der Waals surface area (Å²) >= 11 is 0. The smallest absolute Gasteiger partial charge is 0.295 e. The van der Waals surface area contributed by atoms with E-state index in [1.165, 1.54) is 4.90 Å². The molecule has 146 valence electrons. The highest BCUT2D eigenvalue weighted by Crippen LogP contribution is 2.39. The van der Waals surface area contributed by atoms with E-state index >= 15 is 0 Å². The Hall–Kier alpha value is -2.96. The molecule has 1 amide bonds. The van der Waals surface area contributed by atoms with Crippen molar-refractivity contribution < 1.29 is 24.5 Å². The number of ketones is 1. The number of carbonyl (C=O) groups excluding carboxylic acids is 2. The summed E-state index contributed by atoms with van der Waals surface area (Å²) < 4.78 is 5.28. The minimum absolute atomic E-state index is 0.0715. The van der Waals surface area contributed by atoms with E-state index in [0.717, 1.165) is 11.1 Å². The second-order valence-electron chi connectivity index (χ2n) is 6.61. The van der Waals surface area contributed by atoms with Crippen molar-refractivity contribution in [1.29, 1.82) is 0 Å². The van der Waals surface area contributed by atoms with Crippen LogP contribution in [0.5, 0.6) is 0 Å². The van der Waals surface area contributed by atoms with Crippen molar-refractivity contribution in [1.82, 2.24) is 4.90 Å². The number of benzene rings is 2. The van der Waals surface area contributed by atoms with Gasteiger partial charge in [0.25, 0.3) is 11.7 Å². The Morgan fingerprint density at radius 3 is 2.36 bits per heavy atom. The van der Waals surface area contributed by atoms with Gasteiger partial charge in [-0.3, -0.25) is 9.59 Å². The zero-order chi connectivity index (χ0) is 20.1. The molecule has 1 aliphatic rings. The van der Waals surface area contributed by atoms with Crippen LogP contribution in [0.4, 0.5) is 0 Å². The first-order valence-corrected chi connectivity index (χ1v) is 9.13. The first kappa shape index (κ1) is 19.8. The van der Waals surface area contributed by atoms with E-state index in [0.29, 0.717) is 5.56 Å². The van der Waals surface area contributed by atoms with Gasteiger partial charge in [0.2, 0.25) is 0 Å². The number of amides is 1. The highest BCUT2D eigenvalue weighted by molar-refractivity contribution is 6.46. The second kappa shape index (κ2) is 8.82. The number of nitrogens with zero attached hydrogens (tertiary/aromatic N) is 1. The molecule has 2 N–H and O–H groups in total. The van der Waals surface area contributed by atoms with Crippen molar-refractivity contribution >= 4 is 17.4 Å². The number of aliphatic hydroxyl groups excluding tert-OH is 2. The van der Waals surface area contributed by atoms with Gasteiger partial charge in [0, 0.05) is 12.1 Å². The number of hydrogen-bond acceptors (Lipinski definition) is 5. The van der Waals surface area contributed by atoms with Crippen LogP contribution in [0, 0.1) is 6.92 Å². The maximum Gasteiger partial charge on any atom is 0.295 e. The van der Waals surface area contributed by atoms with Crippen LogP contribution in [0.25, 0.3) is 5.76 Å². The van der Waals surface area contributed by atoms with Crippen molar-refractivity contribution in [2.24, 2.45) is 0 Å². The van der Waals surface area contributed by atoms with Crippen LogP contribution in [0.15, 0.2) is 60.2 Å². The molecule has 1 atom stereocenters. The van der Waals surface area contributed by atoms with Gasteiger partial charge in [0.05, 0.1) is 31.4 Å². The van der Waals surface area contributed by atoms with E-state index in [4.69, 9.17) is 9.84 Å². The average Bonchev–Trinajstić information content (AvgIpc) is 2.97. The standard InChI is InChI=1S/C22H23NO5/c1-15-7-9-16(10-8-15)19-18(20(25)17-5-3-2-4-6-17)21(26)22(27)23(19)11-13-28-14-12-24/h2-10,19,24-25H,11-14H2,1H3/b20-18+. The van der Waals surface area contributed by atoms with Crippen LogP contribution >= 0.6 is 0 Å². The molecule has 0 spiro atoms. The molecule has 1 heterocycles. The SMILES string of the molecule is Cc1ccc(C2/C(=C(\O)c3ccccc3)C(=O)C(=O)N2CCOCCO)cc1. The maximum atomic E-state index is 12.8. The number of ether oxygens (including phenoxy) is 1. The van der Waals surface area contributed by atoms with E-state index in [1.807, 2.05) is 37.3 Å². The lowest BCUT2D eigenvalue weighted by atomic mass is 9.95. The minimum Gasteiger partial charge on any atom is -0.507 e. The van der Waals surface area contributed by atoms with Crippen molar-refractivity contribution in [3.63, 3.8) is 0 Å². The Morgan fingerprint density at radius 2 is 1.71 bits per heavy atom. The molecule has 6 heteroatoms. The molecule has 0 bridgehead atoms. The number of aryl methyl sites for hydroxylation is 1. The molecule has 1 saturated heterocycles. The number of carbonyl (C=O) groups is 2. The van der Waals surface area contributed by atoms with Gasteiger partial charge in [0.1, 0.15) is 5.76 Å². The summed E-state index contributed by atoms with van der Waals surface area (Å²) in [6.45, 7) is 2.35. The molecular weight excluding hydrogens is 358 g/mol. The van der Waals surface area contributed by atoms with Gasteiger partial charge in [-0.2, -0.15) is 0 Å². The first-order chi connectivity index (χ1) is 13.5. The fourth-order valence-electron chi connectivity index (χ4n) is 3.29. The predicted molar refractivity (Wildman–Crippen MR) is 105 cm³/mol. The summed E-state index contributed by atoms with van der Waals surface area (Å²) in [5.41, 5.74) is 2.34. The van der Waals surface area contributed by atoms with Gasteiger partial charge in [0.15, 0.2) is 0 Å². The number of likely N-dealkylation sites (tertiary alicyclic amines) is 1. The minimum atomic E-state index is -0.714. The van der Waals surface area contributed by atoms with Gasteiger partial charge < -0.3 is 19.8 Å². The predicted octanol–water partition coefficient (Wildman–Crippen LogP) is 2.43. The van der Waals surface area contributed by atoms with Gasteiger partial charge in [-0.25, -0.2) is 0 Å². The lowest BCUT2D eigenvalue weighted by Gasteiger charge is -2.25. The average molecular weight is 381 g/mol. The Bertz CT molecular complexity index is 874. The Labute approximate surface area is 163 Å². The molecule has 1 aliphatic heterocycles. The molecule has 0 aliphatic carbocycles. The topological polar surface area (TPSA) is 87.1 Å². The van der Waals surface area contributed by atoms with Crippen LogP contribution in [-0.4, -0.2) is 53.2 Å². The summed E-state index contributed by atoms with van der Waals surface area (Å²) in [4.78, 5) is 26.9. The molecule has 1 unspecified atom stereocenters. The molecule has 0 radical (unpaired) electrons. The molecular formula is C22H23NO5. The third-order valence-corrected chi connectivity index (χ3v) is 4.69. The zero-order valence-corrected chi connectivity index (χ0v) is 15.7. The van der Waals surface area contributed by atoms with Gasteiger partial charge in [-0.05, 0) is 12.5 Å². The molecule has 0 aromatic heterocycles. The third-order valence-electron chi connectivity index (χ3n) is 4.69. The maximum absolute atomic E-state index is 12.8. The lowest BCUT2D eigenvalue weighted by Crippen LogP contribution is -2.33. The lowest BCUT2D eigenvalue weighted by molar-refractivity contribution is -0.140. The molecule has 1 fully saturated rings. The quantitative estimate of drug-likeness (QED) is 0.333. The molecule has 0 saturated carbocycles. The molecule has 2 aromatic carbocycles. The van der Waals surface area contributed by atoms with Crippen molar-refractivity contribution in [3.05, 3.63) is 76.9 Å². The van der Waals surface area contributed by atoms with E-state index in [2.05, 4.69) is 0 Å². The monoisotopic (exact) mass is 381 g/mol. The van der Waals surface area contributed by atoms with Crippen LogP contribution < -0.4 is 0 Å². The molecule has 6 nitrogen and oxygen atoms in total. The van der Waals surface area contributed by atoms with E-state index < -0.39 is 17.7 Å². The normalized spacial score (nSPS) is 18.6. The summed E-state index contributed by atoms with van der Waals surface area (Å²) in [5.74, 6) is -1.58. The Balaban J connectivity index is 2.04. The van der Waals surface area contributed by atoms with Crippen LogP contribution in [0.1, 0.15) is 22.7 Å². The number of hydrogen-bond donors (Lipinski definition) is 2. The van der Waals surface area contributed by atoms with E-state index in [-0.39, 0.29) is 37.7 Å². The third kappa shape index (κ3) is 3.98. The summed E-state index contributed by atoms with van der Waals surface area (Å²) in [7, 11) is 0. The fraction of sp³-hybridized carbons (Fsp3) is 0.273. The molecule has 3 rings (SSSR count). The first-order valence-electron chi connectivity index (χ1n) is 9.13. The van der Waals surface area contributed by atoms with Crippen LogP contribution in [0.2, 0.25) is 0 Å². The highest BCUT2D eigenvalue weighted by atomic mass is 16.5. The van der Waals surface area contributed by atoms with Crippen molar-refractivity contribution in [3.8, 4) is 0 Å². The van der Waals surface area contributed by atoms with Gasteiger partial charge >= 0.3 is 0 Å². The van der Waals surface area contributed by atoms with E-state index in [9.17, 15) is 14.7 Å². The number of aliphatic hydroxyl groups is 2. The zero-order valence-electron chi connectivity index (χ0n) is 15.7. The Kier molecular flexibility index (Phi) is 6.23. The fourth-order valence-corrected chi connectivity index (χ4v) is 3.29. The van der Waals surface area contributed by atoms with E-state index in [1.54, 1.807) is 24.3 Å². The Morgan fingerprint density at radius 1 is 1.04 bits per heavy atom. The van der Waals surface area contributed by atoms with Gasteiger partial charge in [-0.15, -0.1) is 0 Å². The second-order valence-corrected chi connectivity index (χ2v) is 6.61. The van der Waals surface area contributed by atoms with Crippen molar-refractivity contribution in [2.75, 3.05) is 26.4 Å². The molecule has 28 heavy (non-hydrogen) atoms. The summed E-state index contributed by atoms with van der Waals surface area (Å²) in [6.07, 6.45) is 0. The van der Waals surface area contributed by atoms with Crippen molar-refractivity contribution in [2.45, 2.75) is 13.0 Å². The summed E-state index contributed by atoms with van der Waals surface area (Å²) in [6, 6.07) is 15.5.